The van der Waals surface area contributed by atoms with E-state index in [1.165, 1.54) is 5.56 Å². The lowest BCUT2D eigenvalue weighted by atomic mass is 10.1. The van der Waals surface area contributed by atoms with E-state index in [1.54, 1.807) is 0 Å². The predicted octanol–water partition coefficient (Wildman–Crippen LogP) is 5.58. The van der Waals surface area contributed by atoms with E-state index < -0.39 is 0 Å². The van der Waals surface area contributed by atoms with Gasteiger partial charge >= 0.3 is 0 Å². The topological polar surface area (TPSA) is 29.9 Å². The van der Waals surface area contributed by atoms with Crippen molar-refractivity contribution < 1.29 is 0 Å². The zero-order chi connectivity index (χ0) is 16.0. The largest absolute Gasteiger partial charge is 0.369 e. The summed E-state index contributed by atoms with van der Waals surface area (Å²) in [6.45, 7) is 0.909. The first-order valence-electron chi connectivity index (χ1n) is 7.21. The van der Waals surface area contributed by atoms with Crippen LogP contribution < -0.4 is 5.32 Å². The van der Waals surface area contributed by atoms with E-state index in [4.69, 9.17) is 28.3 Å². The molecule has 0 fully saturated rings. The summed E-state index contributed by atoms with van der Waals surface area (Å²) in [5.74, 6) is 1.04. The standard InChI is InChI=1S/C17H12BrCl2N3/c18-12-3-1-2-4-15(12)23-17-11(7-8-21-17)16(22-23)10-5-6-13(19)14(20)9-10/h1-6,9,21H,7-8H2. The Labute approximate surface area is 152 Å². The van der Waals surface area contributed by atoms with Gasteiger partial charge in [0, 0.05) is 22.1 Å². The quantitative estimate of drug-likeness (QED) is 0.600. The van der Waals surface area contributed by atoms with Gasteiger partial charge in [0.05, 0.1) is 21.4 Å². The number of hydrogen-bond acceptors (Lipinski definition) is 2. The number of benzene rings is 2. The fourth-order valence-corrected chi connectivity index (χ4v) is 3.60. The summed E-state index contributed by atoms with van der Waals surface area (Å²) >= 11 is 15.8. The highest BCUT2D eigenvalue weighted by molar-refractivity contribution is 9.10. The van der Waals surface area contributed by atoms with Crippen molar-refractivity contribution in [1.82, 2.24) is 9.78 Å². The van der Waals surface area contributed by atoms with E-state index in [-0.39, 0.29) is 0 Å². The number of nitrogens with zero attached hydrogens (tertiary/aromatic N) is 2. The first-order valence-corrected chi connectivity index (χ1v) is 8.76. The fourth-order valence-electron chi connectivity index (χ4n) is 2.85. The van der Waals surface area contributed by atoms with Gasteiger partial charge in [0.15, 0.2) is 0 Å². The van der Waals surface area contributed by atoms with Crippen LogP contribution in [0.3, 0.4) is 0 Å². The molecule has 2 aromatic carbocycles. The van der Waals surface area contributed by atoms with E-state index in [2.05, 4.69) is 21.2 Å². The normalized spacial score (nSPS) is 13.0. The lowest BCUT2D eigenvalue weighted by Gasteiger charge is -2.08. The molecular weight excluding hydrogens is 397 g/mol. The molecule has 0 spiro atoms. The summed E-state index contributed by atoms with van der Waals surface area (Å²) in [5, 5.41) is 9.35. The maximum Gasteiger partial charge on any atom is 0.133 e. The Morgan fingerprint density at radius 2 is 1.91 bits per heavy atom. The first kappa shape index (κ1) is 15.1. The van der Waals surface area contributed by atoms with E-state index in [1.807, 2.05) is 47.1 Å². The number of hydrogen-bond donors (Lipinski definition) is 1. The molecule has 0 atom stereocenters. The van der Waals surface area contributed by atoms with Crippen molar-refractivity contribution in [3.63, 3.8) is 0 Å². The number of fused-ring (bicyclic) bond motifs is 1. The molecule has 116 valence electrons. The Hall–Kier alpha value is -1.49. The molecule has 1 aliphatic heterocycles. The van der Waals surface area contributed by atoms with Gasteiger partial charge in [-0.1, -0.05) is 41.4 Å². The van der Waals surface area contributed by atoms with Crippen LogP contribution in [0.25, 0.3) is 16.9 Å². The summed E-state index contributed by atoms with van der Waals surface area (Å²) < 4.78 is 2.95. The Morgan fingerprint density at radius 1 is 1.09 bits per heavy atom. The zero-order valence-corrected chi connectivity index (χ0v) is 15.1. The van der Waals surface area contributed by atoms with Crippen molar-refractivity contribution in [1.29, 1.82) is 0 Å². The van der Waals surface area contributed by atoms with Gasteiger partial charge in [-0.2, -0.15) is 5.10 Å². The summed E-state index contributed by atoms with van der Waals surface area (Å²) in [7, 11) is 0. The van der Waals surface area contributed by atoms with Crippen molar-refractivity contribution in [2.75, 3.05) is 11.9 Å². The van der Waals surface area contributed by atoms with Gasteiger partial charge < -0.3 is 5.32 Å². The van der Waals surface area contributed by atoms with Gasteiger partial charge in [0.2, 0.25) is 0 Å². The molecule has 0 radical (unpaired) electrons. The molecule has 0 unspecified atom stereocenters. The molecule has 0 saturated carbocycles. The van der Waals surface area contributed by atoms with Crippen molar-refractivity contribution in [2.45, 2.75) is 6.42 Å². The number of nitrogens with one attached hydrogen (secondary N) is 1. The number of para-hydroxylation sites is 1. The molecule has 3 nitrogen and oxygen atoms in total. The minimum atomic E-state index is 0.541. The van der Waals surface area contributed by atoms with Crippen LogP contribution in [0.4, 0.5) is 5.82 Å². The van der Waals surface area contributed by atoms with Gasteiger partial charge in [-0.15, -0.1) is 0 Å². The van der Waals surface area contributed by atoms with Crippen LogP contribution >= 0.6 is 39.1 Å². The van der Waals surface area contributed by atoms with E-state index >= 15 is 0 Å². The highest BCUT2D eigenvalue weighted by Gasteiger charge is 2.24. The maximum absolute atomic E-state index is 6.17. The van der Waals surface area contributed by atoms with Gasteiger partial charge in [0.25, 0.3) is 0 Å². The average molecular weight is 409 g/mol. The number of halogens is 3. The van der Waals surface area contributed by atoms with Crippen LogP contribution in [0.2, 0.25) is 10.0 Å². The predicted molar refractivity (Wildman–Crippen MR) is 98.9 cm³/mol. The third kappa shape index (κ3) is 2.55. The minimum absolute atomic E-state index is 0.541. The van der Waals surface area contributed by atoms with E-state index in [9.17, 15) is 0 Å². The van der Waals surface area contributed by atoms with Gasteiger partial charge in [-0.3, -0.25) is 0 Å². The van der Waals surface area contributed by atoms with Crippen molar-refractivity contribution >= 4 is 44.9 Å². The second-order valence-electron chi connectivity index (χ2n) is 5.34. The molecule has 0 amide bonds. The second-order valence-corrected chi connectivity index (χ2v) is 7.01. The van der Waals surface area contributed by atoms with E-state index in [0.29, 0.717) is 10.0 Å². The minimum Gasteiger partial charge on any atom is -0.369 e. The maximum atomic E-state index is 6.17. The molecule has 6 heteroatoms. The molecular formula is C17H12BrCl2N3. The fraction of sp³-hybridized carbons (Fsp3) is 0.118. The first-order chi connectivity index (χ1) is 11.1. The lowest BCUT2D eigenvalue weighted by molar-refractivity contribution is 0.878. The van der Waals surface area contributed by atoms with Gasteiger partial charge in [-0.05, 0) is 46.6 Å². The van der Waals surface area contributed by atoms with Crippen LogP contribution in [0.1, 0.15) is 5.56 Å². The van der Waals surface area contributed by atoms with Gasteiger partial charge in [-0.25, -0.2) is 4.68 Å². The monoisotopic (exact) mass is 407 g/mol. The van der Waals surface area contributed by atoms with Crippen LogP contribution in [-0.4, -0.2) is 16.3 Å². The second kappa shape index (κ2) is 5.86. The summed E-state index contributed by atoms with van der Waals surface area (Å²) in [6, 6.07) is 13.7. The Kier molecular flexibility index (Phi) is 3.84. The van der Waals surface area contributed by atoms with Crippen LogP contribution in [0.5, 0.6) is 0 Å². The highest BCUT2D eigenvalue weighted by atomic mass is 79.9. The molecule has 4 rings (SSSR count). The van der Waals surface area contributed by atoms with E-state index in [0.717, 1.165) is 40.2 Å². The third-order valence-electron chi connectivity index (χ3n) is 3.92. The van der Waals surface area contributed by atoms with Crippen molar-refractivity contribution in [2.24, 2.45) is 0 Å². The smallest absolute Gasteiger partial charge is 0.133 e. The van der Waals surface area contributed by atoms with Crippen LogP contribution in [-0.2, 0) is 6.42 Å². The lowest BCUT2D eigenvalue weighted by Crippen LogP contribution is -2.04. The SMILES string of the molecule is Clc1ccc(-c2nn(-c3ccccc3Br)c3c2CCN3)cc1Cl. The summed E-state index contributed by atoms with van der Waals surface area (Å²) in [6.07, 6.45) is 0.940. The molecule has 0 aliphatic carbocycles. The van der Waals surface area contributed by atoms with Crippen LogP contribution in [0.15, 0.2) is 46.9 Å². The Morgan fingerprint density at radius 3 is 2.70 bits per heavy atom. The number of anilines is 1. The molecule has 0 bridgehead atoms. The average Bonchev–Trinajstić information content (AvgIpc) is 3.13. The number of rotatable bonds is 2. The van der Waals surface area contributed by atoms with Crippen LogP contribution in [0, 0.1) is 0 Å². The van der Waals surface area contributed by atoms with Crippen molar-refractivity contribution in [3.8, 4) is 16.9 Å². The van der Waals surface area contributed by atoms with Crippen molar-refractivity contribution in [3.05, 3.63) is 62.5 Å². The molecule has 0 saturated heterocycles. The molecule has 1 N–H and O–H groups in total. The zero-order valence-electron chi connectivity index (χ0n) is 12.0. The Bertz CT molecular complexity index is 905. The molecule has 3 aromatic rings. The molecule has 23 heavy (non-hydrogen) atoms. The summed E-state index contributed by atoms with van der Waals surface area (Å²) in [5.41, 5.74) is 4.13. The number of aromatic nitrogens is 2. The molecule has 2 heterocycles. The molecule has 1 aliphatic rings. The third-order valence-corrected chi connectivity index (χ3v) is 5.33. The Balaban J connectivity index is 1.91. The molecule has 1 aromatic heterocycles. The highest BCUT2D eigenvalue weighted by Crippen LogP contribution is 2.37. The van der Waals surface area contributed by atoms with Gasteiger partial charge in [0.1, 0.15) is 5.82 Å². The summed E-state index contributed by atoms with van der Waals surface area (Å²) in [4.78, 5) is 0.